The molecule has 2 aromatic rings. The van der Waals surface area contributed by atoms with Crippen LogP contribution in [-0.4, -0.2) is 39.9 Å². The van der Waals surface area contributed by atoms with Crippen LogP contribution in [0.15, 0.2) is 24.3 Å². The summed E-state index contributed by atoms with van der Waals surface area (Å²) in [5.41, 5.74) is 1.71. The third-order valence-corrected chi connectivity index (χ3v) is 3.72. The minimum atomic E-state index is -0.502. The zero-order chi connectivity index (χ0) is 16.6. The Kier molecular flexibility index (Phi) is 3.83. The first kappa shape index (κ1) is 15.5. The van der Waals surface area contributed by atoms with Gasteiger partial charge < -0.3 is 9.64 Å². The van der Waals surface area contributed by atoms with Crippen molar-refractivity contribution in [2.24, 2.45) is 0 Å². The molecule has 1 aromatic carbocycles. The molecule has 0 bridgehead atoms. The van der Waals surface area contributed by atoms with E-state index in [1.54, 1.807) is 11.0 Å². The van der Waals surface area contributed by atoms with E-state index in [1.165, 1.54) is 6.07 Å². The van der Waals surface area contributed by atoms with Gasteiger partial charge in [-0.25, -0.2) is 9.18 Å². The second kappa shape index (κ2) is 5.68. The third-order valence-electron chi connectivity index (χ3n) is 3.72. The summed E-state index contributed by atoms with van der Waals surface area (Å²) in [6, 6.07) is 4.91. The zero-order valence-corrected chi connectivity index (χ0v) is 13.5. The Hall–Kier alpha value is -2.37. The van der Waals surface area contributed by atoms with Gasteiger partial charge in [-0.3, -0.25) is 5.10 Å². The molecular formula is C17H20FN3O2. The van der Waals surface area contributed by atoms with Crippen LogP contribution in [0.4, 0.5) is 9.18 Å². The van der Waals surface area contributed by atoms with E-state index >= 15 is 0 Å². The summed E-state index contributed by atoms with van der Waals surface area (Å²) in [6.07, 6.45) is 2.33. The Bertz CT molecular complexity index is 774. The summed E-state index contributed by atoms with van der Waals surface area (Å²) < 4.78 is 19.1. The maximum Gasteiger partial charge on any atom is 0.410 e. The standard InChI is InChI=1S/C17H20FN3O2/c1-17(2,3)23-16(22)21-9-7-11(8-10-21)14-12-5-4-6-13(18)15(12)20-19-14/h4-7H,8-10H2,1-3H3,(H,19,20). The lowest BCUT2D eigenvalue weighted by atomic mass is 10.0. The van der Waals surface area contributed by atoms with Crippen molar-refractivity contribution in [1.82, 2.24) is 15.1 Å². The molecule has 1 aromatic heterocycles. The van der Waals surface area contributed by atoms with E-state index in [9.17, 15) is 9.18 Å². The molecule has 1 N–H and O–H groups in total. The molecule has 122 valence electrons. The summed E-state index contributed by atoms with van der Waals surface area (Å²) in [6.45, 7) is 6.58. The average molecular weight is 317 g/mol. The molecule has 0 aliphatic carbocycles. The number of amides is 1. The van der Waals surface area contributed by atoms with Crippen LogP contribution in [0.25, 0.3) is 16.5 Å². The number of aromatic amines is 1. The fourth-order valence-electron chi connectivity index (χ4n) is 2.64. The molecule has 5 nitrogen and oxygen atoms in total. The van der Waals surface area contributed by atoms with Crippen LogP contribution in [0.3, 0.4) is 0 Å². The van der Waals surface area contributed by atoms with Gasteiger partial charge in [-0.1, -0.05) is 18.2 Å². The van der Waals surface area contributed by atoms with Crippen LogP contribution in [0, 0.1) is 5.82 Å². The minimum absolute atomic E-state index is 0.312. The van der Waals surface area contributed by atoms with Gasteiger partial charge in [0.2, 0.25) is 0 Å². The molecule has 3 rings (SSSR count). The number of ether oxygens (including phenoxy) is 1. The summed E-state index contributed by atoms with van der Waals surface area (Å²) in [7, 11) is 0. The van der Waals surface area contributed by atoms with Crippen molar-refractivity contribution in [3.8, 4) is 0 Å². The van der Waals surface area contributed by atoms with Gasteiger partial charge in [0.1, 0.15) is 11.1 Å². The van der Waals surface area contributed by atoms with Gasteiger partial charge in [0.25, 0.3) is 0 Å². The number of para-hydroxylation sites is 1. The Labute approximate surface area is 134 Å². The number of carbonyl (C=O) groups is 1. The molecule has 0 unspecified atom stereocenters. The zero-order valence-electron chi connectivity index (χ0n) is 13.5. The first-order valence-electron chi connectivity index (χ1n) is 7.65. The lowest BCUT2D eigenvalue weighted by Gasteiger charge is -2.29. The van der Waals surface area contributed by atoms with Gasteiger partial charge in [-0.2, -0.15) is 5.10 Å². The third kappa shape index (κ3) is 3.21. The van der Waals surface area contributed by atoms with Gasteiger partial charge in [0.15, 0.2) is 5.82 Å². The van der Waals surface area contributed by atoms with Gasteiger partial charge in [0.05, 0.1) is 5.69 Å². The van der Waals surface area contributed by atoms with Crippen LogP contribution >= 0.6 is 0 Å². The fraction of sp³-hybridized carbons (Fsp3) is 0.412. The molecular weight excluding hydrogens is 297 g/mol. The predicted octanol–water partition coefficient (Wildman–Crippen LogP) is 3.73. The quantitative estimate of drug-likeness (QED) is 0.872. The monoisotopic (exact) mass is 317 g/mol. The topological polar surface area (TPSA) is 58.2 Å². The number of aromatic nitrogens is 2. The molecule has 0 fully saturated rings. The number of carbonyl (C=O) groups excluding carboxylic acids is 1. The van der Waals surface area contributed by atoms with Crippen LogP contribution in [-0.2, 0) is 4.74 Å². The smallest absolute Gasteiger partial charge is 0.410 e. The lowest BCUT2D eigenvalue weighted by Crippen LogP contribution is -2.39. The first-order valence-corrected chi connectivity index (χ1v) is 7.65. The van der Waals surface area contributed by atoms with Crippen molar-refractivity contribution < 1.29 is 13.9 Å². The summed E-state index contributed by atoms with van der Waals surface area (Å²) in [4.78, 5) is 13.7. The van der Waals surface area contributed by atoms with E-state index in [-0.39, 0.29) is 11.9 Å². The first-order chi connectivity index (χ1) is 10.8. The highest BCUT2D eigenvalue weighted by atomic mass is 19.1. The van der Waals surface area contributed by atoms with E-state index in [1.807, 2.05) is 32.9 Å². The summed E-state index contributed by atoms with van der Waals surface area (Å²) in [5.74, 6) is -0.336. The number of fused-ring (bicyclic) bond motifs is 1. The Balaban J connectivity index is 1.79. The van der Waals surface area contributed by atoms with Gasteiger partial charge in [-0.15, -0.1) is 0 Å². The Morgan fingerprint density at radius 2 is 2.17 bits per heavy atom. The number of H-pyrrole nitrogens is 1. The molecule has 1 amide bonds. The van der Waals surface area contributed by atoms with Crippen molar-refractivity contribution in [2.45, 2.75) is 32.8 Å². The minimum Gasteiger partial charge on any atom is -0.444 e. The number of nitrogens with one attached hydrogen (secondary N) is 1. The molecule has 1 aliphatic rings. The molecule has 0 saturated heterocycles. The summed E-state index contributed by atoms with van der Waals surface area (Å²) in [5, 5.41) is 7.73. The van der Waals surface area contributed by atoms with E-state index in [4.69, 9.17) is 4.74 Å². The van der Waals surface area contributed by atoms with Crippen molar-refractivity contribution in [1.29, 1.82) is 0 Å². The number of nitrogens with zero attached hydrogens (tertiary/aromatic N) is 2. The van der Waals surface area contributed by atoms with E-state index in [0.29, 0.717) is 25.0 Å². The number of benzene rings is 1. The largest absolute Gasteiger partial charge is 0.444 e. The van der Waals surface area contributed by atoms with Crippen molar-refractivity contribution in [3.63, 3.8) is 0 Å². The maximum absolute atomic E-state index is 13.7. The molecule has 0 radical (unpaired) electrons. The van der Waals surface area contributed by atoms with E-state index in [2.05, 4.69) is 10.2 Å². The number of rotatable bonds is 1. The van der Waals surface area contributed by atoms with Crippen LogP contribution in [0.2, 0.25) is 0 Å². The molecule has 0 atom stereocenters. The average Bonchev–Trinajstić information content (AvgIpc) is 2.91. The van der Waals surface area contributed by atoms with Crippen LogP contribution < -0.4 is 0 Å². The lowest BCUT2D eigenvalue weighted by molar-refractivity contribution is 0.0270. The highest BCUT2D eigenvalue weighted by molar-refractivity contribution is 5.91. The maximum atomic E-state index is 13.7. The van der Waals surface area contributed by atoms with Gasteiger partial charge >= 0.3 is 6.09 Å². The fourth-order valence-corrected chi connectivity index (χ4v) is 2.64. The molecule has 23 heavy (non-hydrogen) atoms. The second-order valence-corrected chi connectivity index (χ2v) is 6.64. The molecule has 0 spiro atoms. The van der Waals surface area contributed by atoms with Crippen molar-refractivity contribution in [2.75, 3.05) is 13.1 Å². The van der Waals surface area contributed by atoms with E-state index in [0.717, 1.165) is 16.7 Å². The molecule has 1 aliphatic heterocycles. The summed E-state index contributed by atoms with van der Waals surface area (Å²) >= 11 is 0. The van der Waals surface area contributed by atoms with Gasteiger partial charge in [-0.05, 0) is 38.8 Å². The van der Waals surface area contributed by atoms with Crippen LogP contribution in [0.1, 0.15) is 32.9 Å². The highest BCUT2D eigenvalue weighted by Crippen LogP contribution is 2.28. The van der Waals surface area contributed by atoms with E-state index < -0.39 is 5.60 Å². The number of hydrogen-bond acceptors (Lipinski definition) is 3. The molecule has 6 heteroatoms. The Morgan fingerprint density at radius 1 is 1.39 bits per heavy atom. The van der Waals surface area contributed by atoms with Crippen molar-refractivity contribution >= 4 is 22.6 Å². The number of halogens is 1. The van der Waals surface area contributed by atoms with Gasteiger partial charge in [0, 0.05) is 18.5 Å². The SMILES string of the molecule is CC(C)(C)OC(=O)N1CC=C(c2[nH]nc3c(F)cccc23)CC1. The second-order valence-electron chi connectivity index (χ2n) is 6.64. The molecule has 2 heterocycles. The Morgan fingerprint density at radius 3 is 2.83 bits per heavy atom. The number of hydrogen-bond donors (Lipinski definition) is 1. The molecule has 0 saturated carbocycles. The van der Waals surface area contributed by atoms with Crippen molar-refractivity contribution in [3.05, 3.63) is 35.8 Å². The normalized spacial score (nSPS) is 15.7. The van der Waals surface area contributed by atoms with Crippen LogP contribution in [0.5, 0.6) is 0 Å². The predicted molar refractivity (Wildman–Crippen MR) is 86.5 cm³/mol. The highest BCUT2D eigenvalue weighted by Gasteiger charge is 2.24.